The Morgan fingerprint density at radius 2 is 1.95 bits per heavy atom. The molecule has 1 aliphatic heterocycles. The third-order valence-corrected chi connectivity index (χ3v) is 4.37. The number of thioether (sulfide) groups is 1. The Hall–Kier alpha value is -0.590. The number of benzene rings is 1. The van der Waals surface area contributed by atoms with Crippen molar-refractivity contribution in [3.8, 4) is 0 Å². The Kier molecular flexibility index (Phi) is 5.66. The average molecular weight is 284 g/mol. The van der Waals surface area contributed by atoms with E-state index in [2.05, 4.69) is 12.1 Å². The van der Waals surface area contributed by atoms with E-state index in [1.165, 1.54) is 5.56 Å². The fraction of sp³-hybridized carbons (Fsp3) is 0.571. The number of hydrogen-bond donors (Lipinski definition) is 3. The van der Waals surface area contributed by atoms with Crippen molar-refractivity contribution in [2.45, 2.75) is 36.6 Å². The van der Waals surface area contributed by atoms with Gasteiger partial charge < -0.3 is 20.1 Å². The van der Waals surface area contributed by atoms with Crippen LogP contribution < -0.4 is 0 Å². The molecule has 2 rings (SSSR count). The van der Waals surface area contributed by atoms with Gasteiger partial charge in [-0.1, -0.05) is 30.3 Å². The number of aliphatic hydroxyl groups is 3. The van der Waals surface area contributed by atoms with E-state index >= 15 is 0 Å². The fourth-order valence-electron chi connectivity index (χ4n) is 2.13. The SMILES string of the molecule is OCC1OC(SCCc2ccccc2)CC(O)C1O. The van der Waals surface area contributed by atoms with E-state index in [-0.39, 0.29) is 12.0 Å². The summed E-state index contributed by atoms with van der Waals surface area (Å²) in [6.45, 7) is -0.270. The number of ether oxygens (including phenoxy) is 1. The maximum absolute atomic E-state index is 9.71. The first-order valence-electron chi connectivity index (χ1n) is 6.48. The molecule has 0 amide bonds. The molecule has 4 unspecified atom stereocenters. The van der Waals surface area contributed by atoms with Crippen LogP contribution in [0.4, 0.5) is 0 Å². The van der Waals surface area contributed by atoms with Gasteiger partial charge in [0.05, 0.1) is 12.7 Å². The molecule has 1 saturated heterocycles. The van der Waals surface area contributed by atoms with Gasteiger partial charge >= 0.3 is 0 Å². The second kappa shape index (κ2) is 7.26. The average Bonchev–Trinajstić information content (AvgIpc) is 2.43. The monoisotopic (exact) mass is 284 g/mol. The van der Waals surface area contributed by atoms with Crippen molar-refractivity contribution >= 4 is 11.8 Å². The van der Waals surface area contributed by atoms with E-state index in [9.17, 15) is 10.2 Å². The van der Waals surface area contributed by atoms with Gasteiger partial charge in [-0.15, -0.1) is 11.8 Å². The first kappa shape index (κ1) is 14.8. The molecular weight excluding hydrogens is 264 g/mol. The van der Waals surface area contributed by atoms with Crippen LogP contribution in [-0.4, -0.2) is 51.4 Å². The van der Waals surface area contributed by atoms with Crippen molar-refractivity contribution in [3.63, 3.8) is 0 Å². The van der Waals surface area contributed by atoms with Gasteiger partial charge in [-0.2, -0.15) is 0 Å². The third-order valence-electron chi connectivity index (χ3n) is 3.25. The first-order valence-corrected chi connectivity index (χ1v) is 7.53. The minimum Gasteiger partial charge on any atom is -0.394 e. The molecule has 1 aliphatic rings. The lowest BCUT2D eigenvalue weighted by Gasteiger charge is -2.36. The van der Waals surface area contributed by atoms with Crippen molar-refractivity contribution in [1.82, 2.24) is 0 Å². The van der Waals surface area contributed by atoms with Crippen LogP contribution in [0.1, 0.15) is 12.0 Å². The molecule has 0 aliphatic carbocycles. The Morgan fingerprint density at radius 3 is 2.63 bits per heavy atom. The van der Waals surface area contributed by atoms with Gasteiger partial charge in [-0.25, -0.2) is 0 Å². The molecule has 5 heteroatoms. The summed E-state index contributed by atoms with van der Waals surface area (Å²) in [4.78, 5) is 0. The molecule has 1 fully saturated rings. The molecular formula is C14H20O4S. The molecule has 4 atom stereocenters. The van der Waals surface area contributed by atoms with Gasteiger partial charge in [0.1, 0.15) is 17.6 Å². The summed E-state index contributed by atoms with van der Waals surface area (Å²) in [6, 6.07) is 10.2. The van der Waals surface area contributed by atoms with Crippen LogP contribution in [-0.2, 0) is 11.2 Å². The zero-order valence-electron chi connectivity index (χ0n) is 10.7. The van der Waals surface area contributed by atoms with Crippen molar-refractivity contribution in [2.24, 2.45) is 0 Å². The summed E-state index contributed by atoms with van der Waals surface area (Å²) in [7, 11) is 0. The summed E-state index contributed by atoms with van der Waals surface area (Å²) < 4.78 is 5.56. The summed E-state index contributed by atoms with van der Waals surface area (Å²) in [5.74, 6) is 0.885. The van der Waals surface area contributed by atoms with Crippen molar-refractivity contribution < 1.29 is 20.1 Å². The molecule has 0 aromatic heterocycles. The topological polar surface area (TPSA) is 69.9 Å². The highest BCUT2D eigenvalue weighted by atomic mass is 32.2. The molecule has 1 heterocycles. The maximum Gasteiger partial charge on any atom is 0.110 e. The molecule has 0 bridgehead atoms. The minimum absolute atomic E-state index is 0.167. The maximum atomic E-state index is 9.71. The van der Waals surface area contributed by atoms with E-state index in [1.807, 2.05) is 18.2 Å². The van der Waals surface area contributed by atoms with Gasteiger partial charge in [-0.3, -0.25) is 0 Å². The van der Waals surface area contributed by atoms with Crippen LogP contribution in [0, 0.1) is 0 Å². The summed E-state index contributed by atoms with van der Waals surface area (Å²) in [5, 5.41) is 28.4. The summed E-state index contributed by atoms with van der Waals surface area (Å²) in [6.07, 6.45) is -1.15. The van der Waals surface area contributed by atoms with Crippen LogP contribution in [0.5, 0.6) is 0 Å². The van der Waals surface area contributed by atoms with Crippen LogP contribution >= 0.6 is 11.8 Å². The summed E-state index contributed by atoms with van der Waals surface area (Å²) in [5.41, 5.74) is 1.10. The number of aliphatic hydroxyl groups excluding tert-OH is 3. The third kappa shape index (κ3) is 4.19. The predicted octanol–water partition coefficient (Wildman–Crippen LogP) is 0.791. The van der Waals surface area contributed by atoms with Crippen molar-refractivity contribution in [1.29, 1.82) is 0 Å². The Bertz CT molecular complexity index is 373. The Morgan fingerprint density at radius 1 is 1.21 bits per heavy atom. The van der Waals surface area contributed by atoms with Gasteiger partial charge in [0, 0.05) is 6.42 Å². The van der Waals surface area contributed by atoms with E-state index in [1.54, 1.807) is 11.8 Å². The standard InChI is InChI=1S/C14H20O4S/c15-9-12-14(17)11(16)8-13(18-12)19-7-6-10-4-2-1-3-5-10/h1-5,11-17H,6-9H2. The minimum atomic E-state index is -0.990. The number of hydrogen-bond acceptors (Lipinski definition) is 5. The Balaban J connectivity index is 1.77. The van der Waals surface area contributed by atoms with Gasteiger partial charge in [0.25, 0.3) is 0 Å². The highest BCUT2D eigenvalue weighted by Gasteiger charge is 2.36. The van der Waals surface area contributed by atoms with Gasteiger partial charge in [0.2, 0.25) is 0 Å². The van der Waals surface area contributed by atoms with Crippen LogP contribution in [0.25, 0.3) is 0 Å². The molecule has 1 aromatic rings. The van der Waals surface area contributed by atoms with Crippen molar-refractivity contribution in [3.05, 3.63) is 35.9 Å². The normalized spacial score (nSPS) is 31.3. The molecule has 3 N–H and O–H groups in total. The number of rotatable bonds is 5. The smallest absolute Gasteiger partial charge is 0.110 e. The molecule has 4 nitrogen and oxygen atoms in total. The Labute approximate surface area is 117 Å². The largest absolute Gasteiger partial charge is 0.394 e. The zero-order chi connectivity index (χ0) is 13.7. The fourth-order valence-corrected chi connectivity index (χ4v) is 3.30. The molecule has 19 heavy (non-hydrogen) atoms. The number of aryl methyl sites for hydroxylation is 1. The highest BCUT2D eigenvalue weighted by molar-refractivity contribution is 7.99. The summed E-state index contributed by atoms with van der Waals surface area (Å²) >= 11 is 1.61. The van der Waals surface area contributed by atoms with Crippen LogP contribution in [0.3, 0.4) is 0 Å². The first-order chi connectivity index (χ1) is 9.20. The highest BCUT2D eigenvalue weighted by Crippen LogP contribution is 2.28. The van der Waals surface area contributed by atoms with E-state index < -0.39 is 18.3 Å². The lowest BCUT2D eigenvalue weighted by atomic mass is 10.0. The molecule has 1 aromatic carbocycles. The van der Waals surface area contributed by atoms with Crippen LogP contribution in [0.15, 0.2) is 30.3 Å². The van der Waals surface area contributed by atoms with E-state index in [0.717, 1.165) is 12.2 Å². The predicted molar refractivity (Wildman–Crippen MR) is 75.0 cm³/mol. The van der Waals surface area contributed by atoms with E-state index in [0.29, 0.717) is 6.42 Å². The molecule has 0 radical (unpaired) electrons. The van der Waals surface area contributed by atoms with Gasteiger partial charge in [-0.05, 0) is 17.7 Å². The van der Waals surface area contributed by atoms with Crippen LogP contribution in [0.2, 0.25) is 0 Å². The lowest BCUT2D eigenvalue weighted by molar-refractivity contribution is -0.157. The van der Waals surface area contributed by atoms with Gasteiger partial charge in [0.15, 0.2) is 0 Å². The quantitative estimate of drug-likeness (QED) is 0.746. The van der Waals surface area contributed by atoms with E-state index in [4.69, 9.17) is 9.84 Å². The molecule has 0 saturated carbocycles. The van der Waals surface area contributed by atoms with Crippen molar-refractivity contribution in [2.75, 3.05) is 12.4 Å². The second-order valence-corrected chi connectivity index (χ2v) is 5.95. The molecule has 106 valence electrons. The zero-order valence-corrected chi connectivity index (χ0v) is 11.5. The lowest BCUT2D eigenvalue weighted by Crippen LogP contribution is -2.49. The second-order valence-electron chi connectivity index (χ2n) is 4.69. The molecule has 0 spiro atoms.